The van der Waals surface area contributed by atoms with Crippen LogP contribution in [0, 0.1) is 23.2 Å². The molecular formula is C19H26N2O2. The lowest BCUT2D eigenvalue weighted by Gasteiger charge is -2.34. The van der Waals surface area contributed by atoms with Gasteiger partial charge in [0.1, 0.15) is 0 Å². The van der Waals surface area contributed by atoms with E-state index < -0.39 is 5.97 Å². The highest BCUT2D eigenvalue weighted by molar-refractivity contribution is 5.70. The highest BCUT2D eigenvalue weighted by Crippen LogP contribution is 2.29. The number of hydrogen-bond acceptors (Lipinski definition) is 3. The predicted octanol–water partition coefficient (Wildman–Crippen LogP) is 3.66. The quantitative estimate of drug-likeness (QED) is 0.834. The number of hydrogen-bond donors (Lipinski definition) is 1. The number of nitrogens with zero attached hydrogens (tertiary/aromatic N) is 2. The summed E-state index contributed by atoms with van der Waals surface area (Å²) in [5.74, 6) is -0.501. The monoisotopic (exact) mass is 314 g/mol. The normalized spacial score (nSPS) is 17.6. The van der Waals surface area contributed by atoms with Crippen molar-refractivity contribution in [3.05, 3.63) is 35.4 Å². The summed E-state index contributed by atoms with van der Waals surface area (Å²) in [5.41, 5.74) is 1.85. The Bertz CT molecular complexity index is 557. The molecule has 0 spiro atoms. The average molecular weight is 314 g/mol. The molecule has 1 aromatic carbocycles. The van der Waals surface area contributed by atoms with Crippen molar-refractivity contribution < 1.29 is 9.90 Å². The molecule has 4 heteroatoms. The largest absolute Gasteiger partial charge is 0.481 e. The van der Waals surface area contributed by atoms with Gasteiger partial charge >= 0.3 is 5.97 Å². The number of carbonyl (C=O) groups is 1. The van der Waals surface area contributed by atoms with E-state index in [2.05, 4.69) is 17.9 Å². The standard InChI is InChI=1S/C19H26N2O2/c1-2-3-7-18(19(22)23)17-8-10-21(11-9-17)14-16-6-4-5-15(12-16)13-20/h4-6,12,17-18H,2-3,7-11,14H2,1H3,(H,22,23). The number of carboxylic acid groups (broad SMARTS) is 1. The number of nitriles is 1. The maximum atomic E-state index is 11.5. The summed E-state index contributed by atoms with van der Waals surface area (Å²) in [6.07, 6.45) is 4.77. The van der Waals surface area contributed by atoms with Crippen molar-refractivity contribution in [3.8, 4) is 6.07 Å². The fourth-order valence-electron chi connectivity index (χ4n) is 3.50. The first-order valence-electron chi connectivity index (χ1n) is 8.58. The van der Waals surface area contributed by atoms with E-state index in [0.29, 0.717) is 11.5 Å². The number of aliphatic carboxylic acids is 1. The Morgan fingerprint density at radius 3 is 2.78 bits per heavy atom. The third kappa shape index (κ3) is 5.07. The van der Waals surface area contributed by atoms with Gasteiger partial charge in [-0.2, -0.15) is 5.26 Å². The van der Waals surface area contributed by atoms with Gasteiger partial charge in [0.05, 0.1) is 17.6 Å². The Morgan fingerprint density at radius 1 is 1.43 bits per heavy atom. The second-order valence-corrected chi connectivity index (χ2v) is 6.51. The van der Waals surface area contributed by atoms with Crippen LogP contribution in [0.15, 0.2) is 24.3 Å². The van der Waals surface area contributed by atoms with Crippen molar-refractivity contribution >= 4 is 5.97 Å². The molecule has 0 radical (unpaired) electrons. The molecule has 1 aliphatic rings. The van der Waals surface area contributed by atoms with Gasteiger partial charge in [-0.25, -0.2) is 0 Å². The fraction of sp³-hybridized carbons (Fsp3) is 0.579. The third-order valence-corrected chi connectivity index (χ3v) is 4.85. The van der Waals surface area contributed by atoms with Gasteiger partial charge in [-0.05, 0) is 56.0 Å². The maximum Gasteiger partial charge on any atom is 0.306 e. The summed E-state index contributed by atoms with van der Waals surface area (Å²) >= 11 is 0. The van der Waals surface area contributed by atoms with Crippen molar-refractivity contribution in [2.24, 2.45) is 11.8 Å². The van der Waals surface area contributed by atoms with E-state index in [-0.39, 0.29) is 5.92 Å². The third-order valence-electron chi connectivity index (χ3n) is 4.85. The van der Waals surface area contributed by atoms with Gasteiger partial charge < -0.3 is 5.11 Å². The van der Waals surface area contributed by atoms with Crippen LogP contribution in [0.2, 0.25) is 0 Å². The molecule has 2 rings (SSSR count). The Balaban J connectivity index is 1.87. The van der Waals surface area contributed by atoms with Crippen LogP contribution < -0.4 is 0 Å². The molecule has 1 atom stereocenters. The lowest BCUT2D eigenvalue weighted by Crippen LogP contribution is -2.37. The lowest BCUT2D eigenvalue weighted by molar-refractivity contribution is -0.144. The molecule has 0 saturated carbocycles. The maximum absolute atomic E-state index is 11.5. The zero-order chi connectivity index (χ0) is 16.7. The molecule has 23 heavy (non-hydrogen) atoms. The Kier molecular flexibility index (Phi) is 6.61. The zero-order valence-electron chi connectivity index (χ0n) is 13.9. The highest BCUT2D eigenvalue weighted by atomic mass is 16.4. The zero-order valence-corrected chi connectivity index (χ0v) is 13.9. The second kappa shape index (κ2) is 8.69. The van der Waals surface area contributed by atoms with Crippen LogP contribution in [0.3, 0.4) is 0 Å². The Labute approximate surface area is 138 Å². The van der Waals surface area contributed by atoms with Crippen LogP contribution in [-0.4, -0.2) is 29.1 Å². The lowest BCUT2D eigenvalue weighted by atomic mass is 9.81. The van der Waals surface area contributed by atoms with Crippen molar-refractivity contribution in [2.45, 2.75) is 45.6 Å². The van der Waals surface area contributed by atoms with Gasteiger partial charge in [-0.1, -0.05) is 31.9 Å². The number of unbranched alkanes of at least 4 members (excludes halogenated alkanes) is 1. The van der Waals surface area contributed by atoms with Crippen molar-refractivity contribution in [2.75, 3.05) is 13.1 Å². The summed E-state index contributed by atoms with van der Waals surface area (Å²) in [6, 6.07) is 9.91. The Hall–Kier alpha value is -1.86. The summed E-state index contributed by atoms with van der Waals surface area (Å²) in [4.78, 5) is 13.9. The van der Waals surface area contributed by atoms with E-state index in [1.807, 2.05) is 24.3 Å². The smallest absolute Gasteiger partial charge is 0.306 e. The molecule has 1 fully saturated rings. The van der Waals surface area contributed by atoms with E-state index in [1.54, 1.807) is 0 Å². The van der Waals surface area contributed by atoms with E-state index in [4.69, 9.17) is 5.26 Å². The minimum Gasteiger partial charge on any atom is -0.481 e. The van der Waals surface area contributed by atoms with Crippen molar-refractivity contribution in [1.82, 2.24) is 4.90 Å². The van der Waals surface area contributed by atoms with Gasteiger partial charge in [0.2, 0.25) is 0 Å². The first-order chi connectivity index (χ1) is 11.1. The molecule has 1 unspecified atom stereocenters. The molecule has 1 aromatic rings. The van der Waals surface area contributed by atoms with Crippen LogP contribution in [0.25, 0.3) is 0 Å². The average Bonchev–Trinajstić information content (AvgIpc) is 2.56. The minimum absolute atomic E-state index is 0.181. The van der Waals surface area contributed by atoms with Crippen LogP contribution in [0.1, 0.15) is 50.2 Å². The molecule has 1 aliphatic heterocycles. The number of rotatable bonds is 7. The van der Waals surface area contributed by atoms with Crippen LogP contribution in [-0.2, 0) is 11.3 Å². The minimum atomic E-state index is -0.626. The van der Waals surface area contributed by atoms with Gasteiger partial charge in [0.25, 0.3) is 0 Å². The predicted molar refractivity (Wildman–Crippen MR) is 89.8 cm³/mol. The summed E-state index contributed by atoms with van der Waals surface area (Å²) in [7, 11) is 0. The Morgan fingerprint density at radius 2 is 2.17 bits per heavy atom. The molecule has 4 nitrogen and oxygen atoms in total. The molecular weight excluding hydrogens is 288 g/mol. The topological polar surface area (TPSA) is 64.3 Å². The molecule has 1 saturated heterocycles. The summed E-state index contributed by atoms with van der Waals surface area (Å²) in [5, 5.41) is 18.4. The van der Waals surface area contributed by atoms with E-state index in [1.165, 1.54) is 0 Å². The van der Waals surface area contributed by atoms with E-state index in [9.17, 15) is 9.90 Å². The molecule has 124 valence electrons. The number of likely N-dealkylation sites (tertiary alicyclic amines) is 1. The number of piperidine rings is 1. The molecule has 0 bridgehead atoms. The van der Waals surface area contributed by atoms with E-state index in [0.717, 1.165) is 57.3 Å². The first-order valence-corrected chi connectivity index (χ1v) is 8.58. The molecule has 0 amide bonds. The number of benzene rings is 1. The molecule has 1 heterocycles. The van der Waals surface area contributed by atoms with Crippen molar-refractivity contribution in [1.29, 1.82) is 5.26 Å². The summed E-state index contributed by atoms with van der Waals surface area (Å²) in [6.45, 7) is 4.83. The second-order valence-electron chi connectivity index (χ2n) is 6.51. The van der Waals surface area contributed by atoms with Crippen LogP contribution in [0.4, 0.5) is 0 Å². The fourth-order valence-corrected chi connectivity index (χ4v) is 3.50. The van der Waals surface area contributed by atoms with E-state index >= 15 is 0 Å². The van der Waals surface area contributed by atoms with Gasteiger partial charge in [-0.3, -0.25) is 9.69 Å². The van der Waals surface area contributed by atoms with Gasteiger partial charge in [0, 0.05) is 6.54 Å². The van der Waals surface area contributed by atoms with Crippen LogP contribution >= 0.6 is 0 Å². The molecule has 1 N–H and O–H groups in total. The van der Waals surface area contributed by atoms with Crippen molar-refractivity contribution in [3.63, 3.8) is 0 Å². The molecule has 0 aromatic heterocycles. The number of carboxylic acids is 1. The SMILES string of the molecule is CCCCC(C(=O)O)C1CCN(Cc2cccc(C#N)c2)CC1. The van der Waals surface area contributed by atoms with Crippen LogP contribution in [0.5, 0.6) is 0 Å². The van der Waals surface area contributed by atoms with Gasteiger partial charge in [0.15, 0.2) is 0 Å². The van der Waals surface area contributed by atoms with Gasteiger partial charge in [-0.15, -0.1) is 0 Å². The molecule has 0 aliphatic carbocycles. The first kappa shape index (κ1) is 17.5. The highest BCUT2D eigenvalue weighted by Gasteiger charge is 2.30. The summed E-state index contributed by atoms with van der Waals surface area (Å²) < 4.78 is 0.